The van der Waals surface area contributed by atoms with Crippen molar-refractivity contribution in [3.8, 4) is 11.5 Å². The number of carbonyl (C=O) groups is 1. The third kappa shape index (κ3) is 2.98. The predicted molar refractivity (Wildman–Crippen MR) is 86.4 cm³/mol. The normalized spacial score (nSPS) is 15.1. The van der Waals surface area contributed by atoms with Crippen molar-refractivity contribution in [1.82, 2.24) is 15.1 Å². The number of carbonyl (C=O) groups excluding carboxylic acids is 1. The number of aromatic nitrogens is 2. The Bertz CT molecular complexity index is 925. The molecule has 0 atom stereocenters. The first kappa shape index (κ1) is 16.4. The van der Waals surface area contributed by atoms with E-state index in [1.165, 1.54) is 12.3 Å². The summed E-state index contributed by atoms with van der Waals surface area (Å²) < 4.78 is 43.7. The summed E-state index contributed by atoms with van der Waals surface area (Å²) >= 11 is 0. The van der Waals surface area contributed by atoms with Crippen LogP contribution in [-0.4, -0.2) is 34.1 Å². The zero-order valence-corrected chi connectivity index (χ0v) is 13.5. The molecule has 1 aromatic carbocycles. The van der Waals surface area contributed by atoms with Crippen molar-refractivity contribution < 1.29 is 22.4 Å². The molecule has 1 N–H and O–H groups in total. The van der Waals surface area contributed by atoms with E-state index in [1.54, 1.807) is 29.2 Å². The third-order valence-electron chi connectivity index (χ3n) is 4.44. The first-order valence-electron chi connectivity index (χ1n) is 7.97. The largest absolute Gasteiger partial charge is 0.463 e. The molecular weight excluding hydrogens is 347 g/mol. The van der Waals surface area contributed by atoms with Crippen molar-refractivity contribution in [1.29, 1.82) is 0 Å². The van der Waals surface area contributed by atoms with Gasteiger partial charge in [-0.25, -0.2) is 0 Å². The lowest BCUT2D eigenvalue weighted by Crippen LogP contribution is -2.48. The summed E-state index contributed by atoms with van der Waals surface area (Å²) in [5.74, 6) is 0.203. The van der Waals surface area contributed by atoms with Crippen LogP contribution >= 0.6 is 0 Å². The van der Waals surface area contributed by atoms with Gasteiger partial charge < -0.3 is 9.32 Å². The van der Waals surface area contributed by atoms with Crippen LogP contribution in [0.2, 0.25) is 0 Å². The predicted octanol–water partition coefficient (Wildman–Crippen LogP) is 3.93. The lowest BCUT2D eigenvalue weighted by Gasteiger charge is -2.39. The number of nitrogens with zero attached hydrogens (tertiary/aromatic N) is 2. The standard InChI is InChI=1S/C18H14F3N3O2/c19-18(20,21)13-4-1-3-11(7-13)12-9-24(10-12)17(25)15-8-14(22-23-15)16-5-2-6-26-16/h1-8,12H,9-10H2,(H,22,23). The van der Waals surface area contributed by atoms with Crippen molar-refractivity contribution in [3.63, 3.8) is 0 Å². The van der Waals surface area contributed by atoms with E-state index in [1.807, 2.05) is 0 Å². The Kier molecular flexibility index (Phi) is 3.82. The van der Waals surface area contributed by atoms with Gasteiger partial charge in [0.25, 0.3) is 5.91 Å². The summed E-state index contributed by atoms with van der Waals surface area (Å²) in [6.45, 7) is 0.728. The monoisotopic (exact) mass is 361 g/mol. The summed E-state index contributed by atoms with van der Waals surface area (Å²) in [4.78, 5) is 14.0. The molecule has 1 fully saturated rings. The van der Waals surface area contributed by atoms with Gasteiger partial charge in [-0.1, -0.05) is 18.2 Å². The molecular formula is C18H14F3N3O2. The molecule has 0 aliphatic carbocycles. The lowest BCUT2D eigenvalue weighted by molar-refractivity contribution is -0.137. The molecule has 1 aliphatic heterocycles. The van der Waals surface area contributed by atoms with Crippen LogP contribution in [0.1, 0.15) is 27.5 Å². The average molecular weight is 361 g/mol. The molecule has 1 amide bonds. The SMILES string of the molecule is O=C(c1cc(-c2ccco2)[nH]n1)N1CC(c2cccc(C(F)(F)F)c2)C1. The number of H-pyrrole nitrogens is 1. The fraction of sp³-hybridized carbons (Fsp3) is 0.222. The smallest absolute Gasteiger partial charge is 0.416 e. The maximum atomic E-state index is 12.8. The minimum absolute atomic E-state index is 0.107. The van der Waals surface area contributed by atoms with Gasteiger partial charge >= 0.3 is 6.18 Å². The third-order valence-corrected chi connectivity index (χ3v) is 4.44. The van der Waals surface area contributed by atoms with Gasteiger partial charge in [-0.2, -0.15) is 18.3 Å². The van der Waals surface area contributed by atoms with Crippen LogP contribution in [0.5, 0.6) is 0 Å². The Labute approximate surface area is 146 Å². The molecule has 2 aromatic heterocycles. The Hall–Kier alpha value is -3.03. The van der Waals surface area contributed by atoms with E-state index < -0.39 is 11.7 Å². The quantitative estimate of drug-likeness (QED) is 0.769. The van der Waals surface area contributed by atoms with Gasteiger partial charge in [0, 0.05) is 25.1 Å². The summed E-state index contributed by atoms with van der Waals surface area (Å²) in [6.07, 6.45) is -2.85. The Morgan fingerprint density at radius 1 is 1.19 bits per heavy atom. The first-order chi connectivity index (χ1) is 12.4. The number of benzene rings is 1. The number of likely N-dealkylation sites (tertiary alicyclic amines) is 1. The molecule has 1 aliphatic rings. The number of halogens is 3. The number of hydrogen-bond acceptors (Lipinski definition) is 3. The minimum atomic E-state index is -4.37. The number of nitrogens with one attached hydrogen (secondary N) is 1. The van der Waals surface area contributed by atoms with Crippen molar-refractivity contribution in [2.75, 3.05) is 13.1 Å². The van der Waals surface area contributed by atoms with Crippen LogP contribution < -0.4 is 0 Å². The van der Waals surface area contributed by atoms with Crippen LogP contribution in [0.25, 0.3) is 11.5 Å². The number of amides is 1. The minimum Gasteiger partial charge on any atom is -0.463 e. The van der Waals surface area contributed by atoms with Gasteiger partial charge in [0.05, 0.1) is 11.8 Å². The van der Waals surface area contributed by atoms with E-state index in [9.17, 15) is 18.0 Å². The average Bonchev–Trinajstić information content (AvgIpc) is 3.24. The van der Waals surface area contributed by atoms with Crippen LogP contribution in [0.4, 0.5) is 13.2 Å². The molecule has 134 valence electrons. The molecule has 0 unspecified atom stereocenters. The van der Waals surface area contributed by atoms with Gasteiger partial charge in [-0.3, -0.25) is 9.89 Å². The summed E-state index contributed by atoms with van der Waals surface area (Å²) in [5.41, 5.74) is 0.754. The second-order valence-electron chi connectivity index (χ2n) is 6.17. The fourth-order valence-corrected chi connectivity index (χ4v) is 2.98. The fourth-order valence-electron chi connectivity index (χ4n) is 2.98. The molecule has 3 aromatic rings. The van der Waals surface area contributed by atoms with Crippen molar-refractivity contribution in [2.24, 2.45) is 0 Å². The topological polar surface area (TPSA) is 62.1 Å². The highest BCUT2D eigenvalue weighted by molar-refractivity contribution is 5.93. The Morgan fingerprint density at radius 3 is 2.69 bits per heavy atom. The second kappa shape index (κ2) is 6.05. The number of rotatable bonds is 3. The number of hydrogen-bond donors (Lipinski definition) is 1. The highest BCUT2D eigenvalue weighted by Gasteiger charge is 2.35. The van der Waals surface area contributed by atoms with E-state index in [0.717, 1.165) is 12.1 Å². The Morgan fingerprint density at radius 2 is 2.00 bits per heavy atom. The van der Waals surface area contributed by atoms with E-state index in [4.69, 9.17) is 4.42 Å². The molecule has 0 bridgehead atoms. The molecule has 4 rings (SSSR count). The van der Waals surface area contributed by atoms with E-state index in [-0.39, 0.29) is 17.5 Å². The van der Waals surface area contributed by atoms with Crippen LogP contribution in [0.3, 0.4) is 0 Å². The second-order valence-corrected chi connectivity index (χ2v) is 6.17. The van der Waals surface area contributed by atoms with Gasteiger partial charge in [0.1, 0.15) is 5.69 Å². The zero-order valence-electron chi connectivity index (χ0n) is 13.5. The summed E-state index contributed by atoms with van der Waals surface area (Å²) in [5, 5.41) is 6.74. The molecule has 1 saturated heterocycles. The van der Waals surface area contributed by atoms with E-state index in [2.05, 4.69) is 10.2 Å². The van der Waals surface area contributed by atoms with Crippen LogP contribution in [0, 0.1) is 0 Å². The molecule has 0 radical (unpaired) electrons. The van der Waals surface area contributed by atoms with E-state index >= 15 is 0 Å². The van der Waals surface area contributed by atoms with Crippen molar-refractivity contribution in [2.45, 2.75) is 12.1 Å². The van der Waals surface area contributed by atoms with Gasteiger partial charge in [-0.15, -0.1) is 0 Å². The summed E-state index contributed by atoms with van der Waals surface area (Å²) in [6, 6.07) is 10.3. The molecule has 26 heavy (non-hydrogen) atoms. The van der Waals surface area contributed by atoms with Gasteiger partial charge in [0.15, 0.2) is 11.5 Å². The summed E-state index contributed by atoms with van der Waals surface area (Å²) in [7, 11) is 0. The molecule has 8 heteroatoms. The molecule has 3 heterocycles. The van der Waals surface area contributed by atoms with E-state index in [0.29, 0.717) is 30.1 Å². The first-order valence-corrected chi connectivity index (χ1v) is 7.97. The van der Waals surface area contributed by atoms with Crippen molar-refractivity contribution >= 4 is 5.91 Å². The van der Waals surface area contributed by atoms with Gasteiger partial charge in [0.2, 0.25) is 0 Å². The number of aromatic amines is 1. The maximum Gasteiger partial charge on any atom is 0.416 e. The molecule has 0 spiro atoms. The van der Waals surface area contributed by atoms with Crippen LogP contribution in [0.15, 0.2) is 53.1 Å². The highest BCUT2D eigenvalue weighted by Crippen LogP contribution is 2.34. The maximum absolute atomic E-state index is 12.8. The van der Waals surface area contributed by atoms with Crippen molar-refractivity contribution in [3.05, 3.63) is 65.5 Å². The number of alkyl halides is 3. The molecule has 0 saturated carbocycles. The zero-order chi connectivity index (χ0) is 18.3. The molecule has 5 nitrogen and oxygen atoms in total. The lowest BCUT2D eigenvalue weighted by atomic mass is 9.90. The van der Waals surface area contributed by atoms with Crippen LogP contribution in [-0.2, 0) is 6.18 Å². The Balaban J connectivity index is 1.43. The number of furan rings is 1. The van der Waals surface area contributed by atoms with Gasteiger partial charge in [-0.05, 0) is 23.8 Å². The highest BCUT2D eigenvalue weighted by atomic mass is 19.4.